The van der Waals surface area contributed by atoms with E-state index in [1.54, 1.807) is 19.2 Å². The lowest BCUT2D eigenvalue weighted by Gasteiger charge is -2.06. The molecule has 0 aliphatic carbocycles. The highest BCUT2D eigenvalue weighted by atomic mass is 16.5. The molecule has 6 heteroatoms. The number of H-pyrrole nitrogens is 1. The molecule has 0 spiro atoms. The number of methoxy groups -OCH3 is 1. The van der Waals surface area contributed by atoms with Crippen LogP contribution in [0.2, 0.25) is 0 Å². The van der Waals surface area contributed by atoms with E-state index in [-0.39, 0.29) is 0 Å². The second-order valence-electron chi connectivity index (χ2n) is 4.25. The molecule has 0 atom stereocenters. The van der Waals surface area contributed by atoms with Gasteiger partial charge in [-0.2, -0.15) is 0 Å². The van der Waals surface area contributed by atoms with Crippen LogP contribution >= 0.6 is 0 Å². The van der Waals surface area contributed by atoms with Gasteiger partial charge in [-0.1, -0.05) is 6.07 Å². The first-order valence-corrected chi connectivity index (χ1v) is 6.11. The average molecular weight is 271 g/mol. The number of ether oxygens (including phenoxy) is 1. The minimum absolute atomic E-state index is 0.452. The van der Waals surface area contributed by atoms with Crippen molar-refractivity contribution in [1.29, 1.82) is 0 Å². The van der Waals surface area contributed by atoms with Gasteiger partial charge in [-0.05, 0) is 24.3 Å². The van der Waals surface area contributed by atoms with Crippen molar-refractivity contribution in [1.82, 2.24) is 9.97 Å². The van der Waals surface area contributed by atoms with Gasteiger partial charge >= 0.3 is 5.76 Å². The molecule has 0 bridgehead atoms. The largest absolute Gasteiger partial charge is 0.481 e. The van der Waals surface area contributed by atoms with Crippen molar-refractivity contribution in [2.75, 3.05) is 12.4 Å². The molecule has 3 aromatic rings. The smallest absolute Gasteiger partial charge is 0.417 e. The number of benzene rings is 1. The third kappa shape index (κ3) is 2.49. The number of pyridine rings is 1. The summed E-state index contributed by atoms with van der Waals surface area (Å²) in [4.78, 5) is 18.0. The molecule has 0 unspecified atom stereocenters. The molecule has 2 heterocycles. The highest BCUT2D eigenvalue weighted by Crippen LogP contribution is 2.17. The molecule has 3 rings (SSSR count). The first-order chi connectivity index (χ1) is 9.74. The van der Waals surface area contributed by atoms with Crippen molar-refractivity contribution < 1.29 is 9.15 Å². The normalized spacial score (nSPS) is 10.7. The van der Waals surface area contributed by atoms with Gasteiger partial charge in [0.1, 0.15) is 0 Å². The van der Waals surface area contributed by atoms with Crippen molar-refractivity contribution in [3.8, 4) is 5.88 Å². The molecule has 0 amide bonds. The van der Waals surface area contributed by atoms with Crippen molar-refractivity contribution >= 4 is 16.8 Å². The Bertz CT molecular complexity index is 791. The summed E-state index contributed by atoms with van der Waals surface area (Å²) in [5.41, 5.74) is 2.95. The Morgan fingerprint density at radius 1 is 1.35 bits per heavy atom. The van der Waals surface area contributed by atoms with Crippen molar-refractivity contribution in [2.24, 2.45) is 0 Å². The van der Waals surface area contributed by atoms with Gasteiger partial charge in [0, 0.05) is 11.8 Å². The Balaban J connectivity index is 1.77. The van der Waals surface area contributed by atoms with Crippen LogP contribution in [0.25, 0.3) is 11.1 Å². The zero-order valence-electron chi connectivity index (χ0n) is 10.8. The summed E-state index contributed by atoms with van der Waals surface area (Å²) >= 11 is 0. The Morgan fingerprint density at radius 3 is 3.10 bits per heavy atom. The first kappa shape index (κ1) is 12.3. The lowest BCUT2D eigenvalue weighted by atomic mass is 10.2. The third-order valence-corrected chi connectivity index (χ3v) is 2.88. The molecule has 0 radical (unpaired) electrons. The van der Waals surface area contributed by atoms with Gasteiger partial charge in [-0.3, -0.25) is 4.98 Å². The Kier molecular flexibility index (Phi) is 3.12. The van der Waals surface area contributed by atoms with Crippen molar-refractivity contribution in [2.45, 2.75) is 6.54 Å². The molecule has 2 aromatic heterocycles. The Hall–Kier alpha value is -2.76. The summed E-state index contributed by atoms with van der Waals surface area (Å²) in [6, 6.07) is 11.0. The maximum atomic E-state index is 11.1. The zero-order valence-corrected chi connectivity index (χ0v) is 10.8. The van der Waals surface area contributed by atoms with E-state index >= 15 is 0 Å². The van der Waals surface area contributed by atoms with Gasteiger partial charge in [0.25, 0.3) is 0 Å². The fourth-order valence-corrected chi connectivity index (χ4v) is 1.92. The summed E-state index contributed by atoms with van der Waals surface area (Å²) in [6.07, 6.45) is 0. The zero-order chi connectivity index (χ0) is 13.9. The van der Waals surface area contributed by atoms with Crippen molar-refractivity contribution in [3.05, 3.63) is 52.6 Å². The molecular formula is C14H13N3O3. The van der Waals surface area contributed by atoms with E-state index in [4.69, 9.17) is 9.15 Å². The lowest BCUT2D eigenvalue weighted by Crippen LogP contribution is -2.02. The maximum Gasteiger partial charge on any atom is 0.417 e. The fraction of sp³-hybridized carbons (Fsp3) is 0.143. The van der Waals surface area contributed by atoms with Gasteiger partial charge < -0.3 is 14.5 Å². The predicted molar refractivity (Wildman–Crippen MR) is 75.0 cm³/mol. The molecular weight excluding hydrogens is 258 g/mol. The fourth-order valence-electron chi connectivity index (χ4n) is 1.92. The van der Waals surface area contributed by atoms with E-state index in [1.807, 2.05) is 24.3 Å². The Morgan fingerprint density at radius 2 is 2.25 bits per heavy atom. The van der Waals surface area contributed by atoms with Crippen LogP contribution in [-0.4, -0.2) is 17.1 Å². The van der Waals surface area contributed by atoms with Gasteiger partial charge in [-0.25, -0.2) is 9.78 Å². The standard InChI is InChI=1S/C14H13N3O3/c1-19-13-4-2-3-10(16-13)8-15-9-5-6-12-11(7-9)17-14(18)20-12/h2-7,15H,8H2,1H3,(H,17,18). The summed E-state index contributed by atoms with van der Waals surface area (Å²) in [7, 11) is 1.59. The van der Waals surface area contributed by atoms with Crippen LogP contribution in [0.4, 0.5) is 5.69 Å². The van der Waals surface area contributed by atoms with Gasteiger partial charge in [-0.15, -0.1) is 0 Å². The van der Waals surface area contributed by atoms with Gasteiger partial charge in [0.05, 0.1) is 24.9 Å². The number of nitrogens with zero attached hydrogens (tertiary/aromatic N) is 1. The molecule has 0 fully saturated rings. The summed E-state index contributed by atoms with van der Waals surface area (Å²) < 4.78 is 10.0. The molecule has 0 aliphatic rings. The van der Waals surface area contributed by atoms with Crippen LogP contribution < -0.4 is 15.8 Å². The van der Waals surface area contributed by atoms with Gasteiger partial charge in [0.15, 0.2) is 5.58 Å². The number of aromatic amines is 1. The number of aromatic nitrogens is 2. The lowest BCUT2D eigenvalue weighted by molar-refractivity contribution is 0.396. The van der Waals surface area contributed by atoms with Gasteiger partial charge in [0.2, 0.25) is 5.88 Å². The van der Waals surface area contributed by atoms with E-state index in [2.05, 4.69) is 15.3 Å². The number of oxazole rings is 1. The van der Waals surface area contributed by atoms with E-state index in [0.717, 1.165) is 11.4 Å². The second-order valence-corrected chi connectivity index (χ2v) is 4.25. The summed E-state index contributed by atoms with van der Waals surface area (Å²) in [6.45, 7) is 0.560. The van der Waals surface area contributed by atoms with Crippen LogP contribution in [0.3, 0.4) is 0 Å². The average Bonchev–Trinajstić information content (AvgIpc) is 2.84. The second kappa shape index (κ2) is 5.08. The molecule has 0 aliphatic heterocycles. The van der Waals surface area contributed by atoms with Crippen LogP contribution in [0.15, 0.2) is 45.6 Å². The third-order valence-electron chi connectivity index (χ3n) is 2.88. The van der Waals surface area contributed by atoms with Crippen molar-refractivity contribution in [3.63, 3.8) is 0 Å². The molecule has 0 saturated carbocycles. The molecule has 20 heavy (non-hydrogen) atoms. The highest BCUT2D eigenvalue weighted by Gasteiger charge is 2.02. The maximum absolute atomic E-state index is 11.1. The first-order valence-electron chi connectivity index (χ1n) is 6.11. The van der Waals surface area contributed by atoms with E-state index in [9.17, 15) is 4.79 Å². The number of hydrogen-bond donors (Lipinski definition) is 2. The summed E-state index contributed by atoms with van der Waals surface area (Å²) in [5, 5.41) is 3.23. The van der Waals surface area contributed by atoms with Crippen LogP contribution in [0.1, 0.15) is 5.69 Å². The minimum Gasteiger partial charge on any atom is -0.481 e. The quantitative estimate of drug-likeness (QED) is 0.760. The number of nitrogens with one attached hydrogen (secondary N) is 2. The SMILES string of the molecule is COc1cccc(CNc2ccc3oc(=O)[nH]c3c2)n1. The Labute approximate surface area is 114 Å². The predicted octanol–water partition coefficient (Wildman–Crippen LogP) is 2.14. The number of anilines is 1. The monoisotopic (exact) mass is 271 g/mol. The molecule has 102 valence electrons. The molecule has 2 N–H and O–H groups in total. The molecule has 1 aromatic carbocycles. The van der Waals surface area contributed by atoms with Crippen LogP contribution in [-0.2, 0) is 6.54 Å². The van der Waals surface area contributed by atoms with E-state index in [1.165, 1.54) is 0 Å². The number of fused-ring (bicyclic) bond motifs is 1. The van der Waals surface area contributed by atoms with Crippen LogP contribution in [0.5, 0.6) is 5.88 Å². The van der Waals surface area contributed by atoms with E-state index in [0.29, 0.717) is 23.5 Å². The number of hydrogen-bond acceptors (Lipinski definition) is 5. The minimum atomic E-state index is -0.452. The topological polar surface area (TPSA) is 80.1 Å². The highest BCUT2D eigenvalue weighted by molar-refractivity contribution is 5.76. The summed E-state index contributed by atoms with van der Waals surface area (Å²) in [5.74, 6) is 0.130. The molecule has 6 nitrogen and oxygen atoms in total. The number of rotatable bonds is 4. The van der Waals surface area contributed by atoms with E-state index < -0.39 is 5.76 Å². The molecule has 0 saturated heterocycles. The van der Waals surface area contributed by atoms with Crippen LogP contribution in [0, 0.1) is 0 Å².